The van der Waals surface area contributed by atoms with Crippen LogP contribution in [0.3, 0.4) is 0 Å². The van der Waals surface area contributed by atoms with Gasteiger partial charge in [-0.25, -0.2) is 4.99 Å². The minimum Gasteiger partial charge on any atom is -0.357 e. The van der Waals surface area contributed by atoms with Crippen molar-refractivity contribution in [1.29, 1.82) is 0 Å². The van der Waals surface area contributed by atoms with Gasteiger partial charge in [-0.15, -0.1) is 0 Å². The molecule has 0 radical (unpaired) electrons. The fraction of sp³-hybridized carbons (Fsp3) is 0.789. The van der Waals surface area contributed by atoms with E-state index in [4.69, 9.17) is 4.99 Å². The smallest absolute Gasteiger partial charge is 0.191 e. The Kier molecular flexibility index (Phi) is 6.69. The largest absolute Gasteiger partial charge is 0.357 e. The number of aryl methyl sites for hydroxylation is 2. The van der Waals surface area contributed by atoms with Gasteiger partial charge in [0.15, 0.2) is 5.96 Å². The average molecular weight is 334 g/mol. The highest BCUT2D eigenvalue weighted by Crippen LogP contribution is 2.42. The van der Waals surface area contributed by atoms with Crippen LogP contribution in [0.15, 0.2) is 4.99 Å². The van der Waals surface area contributed by atoms with Crippen LogP contribution in [0.2, 0.25) is 0 Å². The first kappa shape index (κ1) is 18.8. The maximum atomic E-state index is 4.85. The Bertz CT molecular complexity index is 549. The number of hydrogen-bond acceptors (Lipinski definition) is 2. The molecule has 5 heteroatoms. The number of guanidine groups is 1. The van der Waals surface area contributed by atoms with Gasteiger partial charge in [-0.1, -0.05) is 27.2 Å². The summed E-state index contributed by atoms with van der Waals surface area (Å²) < 4.78 is 2.02. The molecule has 1 aromatic rings. The third-order valence-electron chi connectivity index (χ3n) is 5.56. The molecule has 0 unspecified atom stereocenters. The molecule has 1 saturated carbocycles. The molecule has 5 nitrogen and oxygen atoms in total. The second kappa shape index (κ2) is 8.54. The molecule has 1 aliphatic carbocycles. The Morgan fingerprint density at radius 1 is 1.17 bits per heavy atom. The van der Waals surface area contributed by atoms with Crippen molar-refractivity contribution in [3.63, 3.8) is 0 Å². The van der Waals surface area contributed by atoms with Crippen molar-refractivity contribution in [3.05, 3.63) is 17.0 Å². The summed E-state index contributed by atoms with van der Waals surface area (Å²) in [5.41, 5.74) is 4.27. The molecule has 2 N–H and O–H groups in total. The first-order valence-corrected chi connectivity index (χ1v) is 9.64. The van der Waals surface area contributed by atoms with Crippen molar-refractivity contribution >= 4 is 5.96 Å². The lowest BCUT2D eigenvalue weighted by atomic mass is 9.67. The molecule has 0 aliphatic heterocycles. The van der Waals surface area contributed by atoms with Crippen LogP contribution in [-0.2, 0) is 26.4 Å². The zero-order chi connectivity index (χ0) is 17.6. The standard InChI is InChI=1S/C19H35N5/c1-6-16-15(17(7-2)24(5)23-16)13-21-18(20-9-4)22-14-19(8-3)11-10-12-19/h6-14H2,1-5H3,(H2,20,21,22). The number of nitrogens with one attached hydrogen (secondary N) is 2. The van der Waals surface area contributed by atoms with Gasteiger partial charge >= 0.3 is 0 Å². The Labute approximate surface area is 147 Å². The summed E-state index contributed by atoms with van der Waals surface area (Å²) >= 11 is 0. The van der Waals surface area contributed by atoms with E-state index in [1.54, 1.807) is 0 Å². The van der Waals surface area contributed by atoms with Gasteiger partial charge in [0.2, 0.25) is 0 Å². The molecule has 136 valence electrons. The second-order valence-corrected chi connectivity index (χ2v) is 6.96. The van der Waals surface area contributed by atoms with Crippen LogP contribution in [0.1, 0.15) is 70.3 Å². The van der Waals surface area contributed by atoms with Crippen LogP contribution in [0, 0.1) is 5.41 Å². The molecular weight excluding hydrogens is 298 g/mol. The highest BCUT2D eigenvalue weighted by molar-refractivity contribution is 5.79. The molecule has 1 aliphatic rings. The third kappa shape index (κ3) is 4.11. The van der Waals surface area contributed by atoms with Crippen molar-refractivity contribution in [2.24, 2.45) is 17.5 Å². The molecule has 0 aromatic carbocycles. The first-order valence-electron chi connectivity index (χ1n) is 9.64. The second-order valence-electron chi connectivity index (χ2n) is 6.96. The van der Waals surface area contributed by atoms with E-state index >= 15 is 0 Å². The zero-order valence-electron chi connectivity index (χ0n) is 16.2. The molecule has 0 spiro atoms. The third-order valence-corrected chi connectivity index (χ3v) is 5.56. The molecule has 2 rings (SSSR count). The van der Waals surface area contributed by atoms with Crippen LogP contribution in [0.5, 0.6) is 0 Å². The van der Waals surface area contributed by atoms with Gasteiger partial charge in [-0.3, -0.25) is 4.68 Å². The number of hydrogen-bond donors (Lipinski definition) is 2. The Balaban J connectivity index is 2.08. The van der Waals surface area contributed by atoms with Crippen molar-refractivity contribution < 1.29 is 0 Å². The molecule has 0 amide bonds. The Morgan fingerprint density at radius 2 is 1.92 bits per heavy atom. The van der Waals surface area contributed by atoms with Crippen LogP contribution in [-0.4, -0.2) is 28.8 Å². The van der Waals surface area contributed by atoms with Gasteiger partial charge in [-0.2, -0.15) is 5.10 Å². The van der Waals surface area contributed by atoms with Gasteiger partial charge in [0.25, 0.3) is 0 Å². The zero-order valence-corrected chi connectivity index (χ0v) is 16.2. The molecule has 0 saturated heterocycles. The Hall–Kier alpha value is -1.52. The number of rotatable bonds is 8. The van der Waals surface area contributed by atoms with Crippen molar-refractivity contribution in [3.8, 4) is 0 Å². The molecule has 24 heavy (non-hydrogen) atoms. The van der Waals surface area contributed by atoms with Gasteiger partial charge in [0.05, 0.1) is 12.2 Å². The van der Waals surface area contributed by atoms with E-state index in [0.29, 0.717) is 12.0 Å². The van der Waals surface area contributed by atoms with Crippen LogP contribution >= 0.6 is 0 Å². The summed E-state index contributed by atoms with van der Waals surface area (Å²) in [5.74, 6) is 0.935. The normalized spacial score (nSPS) is 16.8. The van der Waals surface area contributed by atoms with E-state index in [2.05, 4.69) is 43.4 Å². The van der Waals surface area contributed by atoms with E-state index in [-0.39, 0.29) is 0 Å². The summed E-state index contributed by atoms with van der Waals surface area (Å²) in [7, 11) is 2.04. The summed E-state index contributed by atoms with van der Waals surface area (Å²) in [6.07, 6.45) is 7.27. The quantitative estimate of drug-likeness (QED) is 0.567. The topological polar surface area (TPSA) is 54.2 Å². The predicted molar refractivity (Wildman–Crippen MR) is 101 cm³/mol. The lowest BCUT2D eigenvalue weighted by Crippen LogP contribution is -2.46. The molecule has 1 aromatic heterocycles. The maximum absolute atomic E-state index is 4.85. The van der Waals surface area contributed by atoms with Crippen LogP contribution < -0.4 is 10.6 Å². The highest BCUT2D eigenvalue weighted by Gasteiger charge is 2.34. The fourth-order valence-corrected chi connectivity index (χ4v) is 3.68. The summed E-state index contributed by atoms with van der Waals surface area (Å²) in [4.78, 5) is 4.85. The molecular formula is C19H35N5. The van der Waals surface area contributed by atoms with Crippen molar-refractivity contribution in [2.45, 2.75) is 72.8 Å². The minimum atomic E-state index is 0.494. The van der Waals surface area contributed by atoms with Gasteiger partial charge in [-0.05, 0) is 44.4 Å². The lowest BCUT2D eigenvalue weighted by Gasteiger charge is -2.41. The van der Waals surface area contributed by atoms with E-state index in [1.165, 1.54) is 42.6 Å². The van der Waals surface area contributed by atoms with Crippen LogP contribution in [0.4, 0.5) is 0 Å². The number of nitrogens with zero attached hydrogens (tertiary/aromatic N) is 3. The van der Waals surface area contributed by atoms with Crippen LogP contribution in [0.25, 0.3) is 0 Å². The van der Waals surface area contributed by atoms with Gasteiger partial charge < -0.3 is 10.6 Å². The van der Waals surface area contributed by atoms with E-state index in [9.17, 15) is 0 Å². The van der Waals surface area contributed by atoms with E-state index < -0.39 is 0 Å². The first-order chi connectivity index (χ1) is 11.6. The molecule has 1 heterocycles. The fourth-order valence-electron chi connectivity index (χ4n) is 3.68. The SMILES string of the molecule is CCNC(=NCc1c(CC)nn(C)c1CC)NCC1(CC)CCC1. The van der Waals surface area contributed by atoms with Gasteiger partial charge in [0.1, 0.15) is 0 Å². The maximum Gasteiger partial charge on any atom is 0.191 e. The molecule has 1 fully saturated rings. The Morgan fingerprint density at radius 3 is 2.42 bits per heavy atom. The van der Waals surface area contributed by atoms with Gasteiger partial charge in [0, 0.05) is 31.4 Å². The summed E-state index contributed by atoms with van der Waals surface area (Å²) in [6.45, 7) is 11.4. The lowest BCUT2D eigenvalue weighted by molar-refractivity contribution is 0.131. The predicted octanol–water partition coefficient (Wildman–Crippen LogP) is 3.18. The molecule has 0 atom stereocenters. The van der Waals surface area contributed by atoms with E-state index in [0.717, 1.165) is 31.9 Å². The van der Waals surface area contributed by atoms with E-state index in [1.807, 2.05) is 11.7 Å². The van der Waals surface area contributed by atoms with Crippen molar-refractivity contribution in [2.75, 3.05) is 13.1 Å². The average Bonchev–Trinajstić information content (AvgIpc) is 2.86. The number of aliphatic imine (C=N–C) groups is 1. The summed E-state index contributed by atoms with van der Waals surface area (Å²) in [5, 5.41) is 11.6. The summed E-state index contributed by atoms with van der Waals surface area (Å²) in [6, 6.07) is 0. The minimum absolute atomic E-state index is 0.494. The number of aromatic nitrogens is 2. The highest BCUT2D eigenvalue weighted by atomic mass is 15.3. The monoisotopic (exact) mass is 333 g/mol. The molecule has 0 bridgehead atoms. The van der Waals surface area contributed by atoms with Crippen molar-refractivity contribution in [1.82, 2.24) is 20.4 Å².